The number of nitro groups is 2. The van der Waals surface area contributed by atoms with E-state index in [-0.39, 0.29) is 16.9 Å². The first kappa shape index (κ1) is 21.2. The molecule has 0 spiro atoms. The molecule has 1 heterocycles. The van der Waals surface area contributed by atoms with Crippen LogP contribution in [0.4, 0.5) is 11.4 Å². The highest BCUT2D eigenvalue weighted by molar-refractivity contribution is 6.10. The number of phenolic OH excluding ortho intramolecular Hbond substituents is 1. The summed E-state index contributed by atoms with van der Waals surface area (Å²) in [5, 5.41) is 36.5. The van der Waals surface area contributed by atoms with Crippen molar-refractivity contribution in [3.05, 3.63) is 98.2 Å². The normalized spacial score (nSPS) is 11.0. The van der Waals surface area contributed by atoms with Gasteiger partial charge >= 0.3 is 5.69 Å². The summed E-state index contributed by atoms with van der Waals surface area (Å²) in [6.07, 6.45) is 1.08. The van der Waals surface area contributed by atoms with Crippen molar-refractivity contribution in [2.75, 3.05) is 0 Å². The first-order valence-corrected chi connectivity index (χ1v) is 9.52. The largest absolute Gasteiger partial charge is 0.502 e. The van der Waals surface area contributed by atoms with Gasteiger partial charge in [0, 0.05) is 40.2 Å². The van der Waals surface area contributed by atoms with Crippen LogP contribution in [0.25, 0.3) is 22.0 Å². The molecule has 3 aromatic carbocycles. The lowest BCUT2D eigenvalue weighted by atomic mass is 10.0. The number of non-ortho nitro benzene ring substituents is 1. The van der Waals surface area contributed by atoms with Crippen LogP contribution < -0.4 is 5.43 Å². The zero-order valence-electron chi connectivity index (χ0n) is 16.8. The summed E-state index contributed by atoms with van der Waals surface area (Å²) in [5.74, 6) is -1.22. The van der Waals surface area contributed by atoms with E-state index in [4.69, 9.17) is 0 Å². The molecule has 0 aliphatic carbocycles. The molecule has 0 unspecified atom stereocenters. The monoisotopic (exact) mass is 445 g/mol. The topological polar surface area (TPSA) is 164 Å². The molecule has 4 aromatic rings. The van der Waals surface area contributed by atoms with Gasteiger partial charge < -0.3 is 10.1 Å². The maximum Gasteiger partial charge on any atom is 0.311 e. The number of hydrogen-bond donors (Lipinski definition) is 3. The number of nitro benzene ring substituents is 2. The van der Waals surface area contributed by atoms with Crippen molar-refractivity contribution in [1.29, 1.82) is 0 Å². The number of aromatic nitrogens is 1. The second-order valence-electron chi connectivity index (χ2n) is 6.90. The summed E-state index contributed by atoms with van der Waals surface area (Å²) < 4.78 is 0. The van der Waals surface area contributed by atoms with Crippen LogP contribution in [0.2, 0.25) is 0 Å². The Bertz CT molecular complexity index is 1430. The number of hydrogen-bond acceptors (Lipinski definition) is 7. The van der Waals surface area contributed by atoms with Crippen LogP contribution in [-0.2, 0) is 0 Å². The second-order valence-corrected chi connectivity index (χ2v) is 6.90. The quantitative estimate of drug-likeness (QED) is 0.229. The van der Waals surface area contributed by atoms with E-state index in [9.17, 15) is 30.1 Å². The van der Waals surface area contributed by atoms with Gasteiger partial charge in [-0.25, -0.2) is 5.43 Å². The van der Waals surface area contributed by atoms with E-state index in [1.165, 1.54) is 30.3 Å². The number of fused-ring (bicyclic) bond motifs is 1. The number of carbonyl (C=O) groups excluding carboxylic acids is 1. The maximum absolute atomic E-state index is 12.9. The minimum Gasteiger partial charge on any atom is -0.502 e. The number of phenols is 1. The molecule has 4 rings (SSSR count). The lowest BCUT2D eigenvalue weighted by Gasteiger charge is -2.04. The predicted octanol–water partition coefficient (Wildman–Crippen LogP) is 4.12. The van der Waals surface area contributed by atoms with Crippen molar-refractivity contribution in [1.82, 2.24) is 10.4 Å². The van der Waals surface area contributed by atoms with Crippen LogP contribution in [0, 0.1) is 20.2 Å². The average molecular weight is 445 g/mol. The van der Waals surface area contributed by atoms with Crippen molar-refractivity contribution >= 4 is 34.4 Å². The van der Waals surface area contributed by atoms with Gasteiger partial charge in [0.25, 0.3) is 11.6 Å². The van der Waals surface area contributed by atoms with Crippen LogP contribution in [0.15, 0.2) is 71.8 Å². The summed E-state index contributed by atoms with van der Waals surface area (Å²) in [7, 11) is 0. The Morgan fingerprint density at radius 1 is 1.00 bits per heavy atom. The van der Waals surface area contributed by atoms with E-state index >= 15 is 0 Å². The summed E-state index contributed by atoms with van der Waals surface area (Å²) in [5.41, 5.74) is 3.51. The minimum atomic E-state index is -0.735. The summed E-state index contributed by atoms with van der Waals surface area (Å²) >= 11 is 0. The SMILES string of the molecule is O=C(NN=Cc1cccc([N+](=O)[O-])c1O)c1[nH]c2ccc([N+](=O)[O-])cc2c1-c1ccccc1. The van der Waals surface area contributed by atoms with Crippen molar-refractivity contribution in [3.8, 4) is 16.9 Å². The van der Waals surface area contributed by atoms with Crippen molar-refractivity contribution in [3.63, 3.8) is 0 Å². The van der Waals surface area contributed by atoms with E-state index < -0.39 is 27.2 Å². The molecule has 0 radical (unpaired) electrons. The fourth-order valence-corrected chi connectivity index (χ4v) is 3.38. The van der Waals surface area contributed by atoms with Gasteiger partial charge in [-0.2, -0.15) is 5.10 Å². The Hall–Kier alpha value is -5.06. The number of rotatable bonds is 6. The van der Waals surface area contributed by atoms with Gasteiger partial charge in [-0.15, -0.1) is 0 Å². The van der Waals surface area contributed by atoms with Gasteiger partial charge in [0.05, 0.1) is 16.1 Å². The number of benzene rings is 3. The smallest absolute Gasteiger partial charge is 0.311 e. The maximum atomic E-state index is 12.9. The minimum absolute atomic E-state index is 0.0417. The number of hydrazone groups is 1. The van der Waals surface area contributed by atoms with Gasteiger partial charge in [0.1, 0.15) is 5.69 Å². The highest BCUT2D eigenvalue weighted by atomic mass is 16.6. The number of nitrogens with zero attached hydrogens (tertiary/aromatic N) is 3. The molecule has 164 valence electrons. The second kappa shape index (κ2) is 8.59. The van der Waals surface area contributed by atoms with Crippen molar-refractivity contribution < 1.29 is 19.7 Å². The third-order valence-electron chi connectivity index (χ3n) is 4.89. The molecule has 33 heavy (non-hydrogen) atoms. The molecule has 1 amide bonds. The fraction of sp³-hybridized carbons (Fsp3) is 0. The Morgan fingerprint density at radius 3 is 2.45 bits per heavy atom. The lowest BCUT2D eigenvalue weighted by molar-refractivity contribution is -0.385. The van der Waals surface area contributed by atoms with Gasteiger partial charge in [-0.3, -0.25) is 25.0 Å². The van der Waals surface area contributed by atoms with Gasteiger partial charge in [-0.1, -0.05) is 36.4 Å². The van der Waals surface area contributed by atoms with E-state index in [1.54, 1.807) is 30.3 Å². The molecule has 0 fully saturated rings. The number of nitrogens with one attached hydrogen (secondary N) is 2. The van der Waals surface area contributed by atoms with Crippen LogP contribution in [0.5, 0.6) is 5.75 Å². The average Bonchev–Trinajstić information content (AvgIpc) is 3.19. The molecule has 11 heteroatoms. The van der Waals surface area contributed by atoms with E-state index in [2.05, 4.69) is 15.5 Å². The molecule has 0 atom stereocenters. The summed E-state index contributed by atoms with van der Waals surface area (Å²) in [6.45, 7) is 0. The number of carbonyl (C=O) groups is 1. The summed E-state index contributed by atoms with van der Waals surface area (Å²) in [6, 6.07) is 17.0. The molecule has 0 aliphatic heterocycles. The van der Waals surface area contributed by atoms with Gasteiger partial charge in [0.15, 0.2) is 0 Å². The van der Waals surface area contributed by atoms with Crippen LogP contribution in [0.3, 0.4) is 0 Å². The zero-order chi connectivity index (χ0) is 23.5. The number of H-pyrrole nitrogens is 1. The molecule has 0 aliphatic rings. The van der Waals surface area contributed by atoms with Gasteiger partial charge in [0.2, 0.25) is 5.75 Å². The molecular formula is C22H15N5O6. The van der Waals surface area contributed by atoms with Crippen LogP contribution in [-0.4, -0.2) is 32.1 Å². The van der Waals surface area contributed by atoms with E-state index in [1.807, 2.05) is 0 Å². The van der Waals surface area contributed by atoms with Crippen molar-refractivity contribution in [2.24, 2.45) is 5.10 Å². The Kier molecular flexibility index (Phi) is 5.51. The van der Waals surface area contributed by atoms with Crippen LogP contribution >= 0.6 is 0 Å². The number of aromatic hydroxyl groups is 1. The number of amides is 1. The molecule has 0 saturated carbocycles. The third kappa shape index (κ3) is 4.10. The van der Waals surface area contributed by atoms with Crippen LogP contribution in [0.1, 0.15) is 16.1 Å². The molecule has 3 N–H and O–H groups in total. The summed E-state index contributed by atoms with van der Waals surface area (Å²) in [4.78, 5) is 36.8. The molecule has 0 bridgehead atoms. The standard InChI is InChI=1S/C22H15N5O6/c28-21-14(7-4-8-18(21)27(32)33)12-23-25-22(29)20-19(13-5-2-1-3-6-13)16-11-15(26(30)31)9-10-17(16)24-20/h1-12,24,28H,(H,25,29). The highest BCUT2D eigenvalue weighted by Crippen LogP contribution is 2.34. The highest BCUT2D eigenvalue weighted by Gasteiger charge is 2.21. The first-order chi connectivity index (χ1) is 15.9. The number of aromatic amines is 1. The predicted molar refractivity (Wildman–Crippen MR) is 120 cm³/mol. The zero-order valence-corrected chi connectivity index (χ0v) is 16.8. The Labute approximate surface area is 185 Å². The van der Waals surface area contributed by atoms with Gasteiger partial charge in [-0.05, 0) is 17.7 Å². The van der Waals surface area contributed by atoms with E-state index in [0.717, 1.165) is 12.3 Å². The molecule has 0 saturated heterocycles. The Morgan fingerprint density at radius 2 is 1.76 bits per heavy atom. The first-order valence-electron chi connectivity index (χ1n) is 9.52. The van der Waals surface area contributed by atoms with Crippen molar-refractivity contribution in [2.45, 2.75) is 0 Å². The molecular weight excluding hydrogens is 430 g/mol. The third-order valence-corrected chi connectivity index (χ3v) is 4.89. The molecule has 11 nitrogen and oxygen atoms in total. The number of para-hydroxylation sites is 1. The molecule has 1 aromatic heterocycles. The van der Waals surface area contributed by atoms with E-state index in [0.29, 0.717) is 22.0 Å². The fourth-order valence-electron chi connectivity index (χ4n) is 3.38. The lowest BCUT2D eigenvalue weighted by Crippen LogP contribution is -2.18. The Balaban J connectivity index is 1.71.